The average molecular weight is 407 g/mol. The SMILES string of the molecule is C=C/C(CC)=C(/OC)C(=C)Cl.CC.Cc1cc(C(C)(C)C)cc(C(C)(C)C)c1. The third-order valence-electron chi connectivity index (χ3n) is 4.18. The van der Waals surface area contributed by atoms with E-state index in [0.717, 1.165) is 12.0 Å². The molecule has 0 aliphatic heterocycles. The van der Waals surface area contributed by atoms with E-state index in [1.807, 2.05) is 20.8 Å². The first kappa shape index (κ1) is 28.7. The van der Waals surface area contributed by atoms with Gasteiger partial charge in [-0.25, -0.2) is 0 Å². The summed E-state index contributed by atoms with van der Waals surface area (Å²) in [7, 11) is 1.57. The number of methoxy groups -OCH3 is 1. The molecule has 0 heterocycles. The summed E-state index contributed by atoms with van der Waals surface area (Å²) in [6.45, 7) is 29.1. The Balaban J connectivity index is 0. The predicted molar refractivity (Wildman–Crippen MR) is 129 cm³/mol. The third kappa shape index (κ3) is 10.2. The van der Waals surface area contributed by atoms with Crippen LogP contribution in [0.1, 0.15) is 85.4 Å². The van der Waals surface area contributed by atoms with Gasteiger partial charge in [-0.2, -0.15) is 0 Å². The topological polar surface area (TPSA) is 9.23 Å². The van der Waals surface area contributed by atoms with Crippen molar-refractivity contribution in [1.82, 2.24) is 0 Å². The van der Waals surface area contributed by atoms with Gasteiger partial charge in [0.2, 0.25) is 0 Å². The smallest absolute Gasteiger partial charge is 0.139 e. The zero-order valence-corrected chi connectivity index (χ0v) is 21.0. The number of ether oxygens (including phenoxy) is 1. The third-order valence-corrected chi connectivity index (χ3v) is 4.35. The molecular formula is C26H43ClO. The fraction of sp³-hybridized carbons (Fsp3) is 0.538. The van der Waals surface area contributed by atoms with Crippen molar-refractivity contribution in [3.05, 3.63) is 70.5 Å². The maximum absolute atomic E-state index is 5.67. The molecule has 0 bridgehead atoms. The van der Waals surface area contributed by atoms with Crippen molar-refractivity contribution in [3.8, 4) is 0 Å². The van der Waals surface area contributed by atoms with E-state index in [1.54, 1.807) is 13.2 Å². The van der Waals surface area contributed by atoms with E-state index in [2.05, 4.69) is 79.8 Å². The predicted octanol–water partition coefficient (Wildman–Crippen LogP) is 8.85. The van der Waals surface area contributed by atoms with Crippen LogP contribution in [0.4, 0.5) is 0 Å². The van der Waals surface area contributed by atoms with Gasteiger partial charge in [-0.3, -0.25) is 0 Å². The molecule has 0 radical (unpaired) electrons. The van der Waals surface area contributed by atoms with Crippen LogP contribution < -0.4 is 0 Å². The van der Waals surface area contributed by atoms with Gasteiger partial charge in [0.1, 0.15) is 5.76 Å². The van der Waals surface area contributed by atoms with Gasteiger partial charge in [-0.05, 0) is 40.9 Å². The largest absolute Gasteiger partial charge is 0.495 e. The first-order chi connectivity index (χ1) is 12.8. The van der Waals surface area contributed by atoms with Crippen molar-refractivity contribution in [2.24, 2.45) is 0 Å². The highest BCUT2D eigenvalue weighted by Gasteiger charge is 2.19. The second-order valence-electron chi connectivity index (χ2n) is 8.61. The Kier molecular flexibility index (Phi) is 13.2. The lowest BCUT2D eigenvalue weighted by molar-refractivity contribution is 0.300. The molecule has 0 saturated heterocycles. The molecule has 0 aromatic heterocycles. The summed E-state index contributed by atoms with van der Waals surface area (Å²) in [5, 5.41) is 0.421. The van der Waals surface area contributed by atoms with Crippen molar-refractivity contribution >= 4 is 11.6 Å². The van der Waals surface area contributed by atoms with E-state index < -0.39 is 0 Å². The molecule has 1 rings (SSSR count). The molecular weight excluding hydrogens is 364 g/mol. The lowest BCUT2D eigenvalue weighted by atomic mass is 9.80. The molecule has 0 N–H and O–H groups in total. The van der Waals surface area contributed by atoms with Gasteiger partial charge in [0.05, 0.1) is 12.1 Å². The van der Waals surface area contributed by atoms with Gasteiger partial charge >= 0.3 is 0 Å². The normalized spacial score (nSPS) is 11.9. The number of aryl methyl sites for hydroxylation is 1. The Labute approximate surface area is 180 Å². The second kappa shape index (κ2) is 12.9. The summed E-state index contributed by atoms with van der Waals surface area (Å²) in [4.78, 5) is 0. The van der Waals surface area contributed by atoms with E-state index in [1.165, 1.54) is 16.7 Å². The van der Waals surface area contributed by atoms with Crippen LogP contribution in [0.15, 0.2) is 53.8 Å². The number of rotatable bonds is 4. The molecule has 1 aromatic rings. The maximum Gasteiger partial charge on any atom is 0.139 e. The minimum Gasteiger partial charge on any atom is -0.495 e. The molecule has 2 heteroatoms. The van der Waals surface area contributed by atoms with Gasteiger partial charge in [0, 0.05) is 0 Å². The standard InChI is InChI=1S/C15H24.C9H13ClO.C2H6/c1-11-8-12(14(2,3)4)10-13(9-11)15(5,6)7;1-5-8(6-2)9(11-4)7(3)10;1-2/h8-10H,1-7H3;5H,1,3,6H2,2,4H3;1-2H3/b;9-8-;. The van der Waals surface area contributed by atoms with E-state index in [4.69, 9.17) is 16.3 Å². The molecule has 0 aliphatic carbocycles. The van der Waals surface area contributed by atoms with Gasteiger partial charge in [-0.15, -0.1) is 0 Å². The Hall–Kier alpha value is -1.47. The monoisotopic (exact) mass is 406 g/mol. The van der Waals surface area contributed by atoms with E-state index in [9.17, 15) is 0 Å². The Bertz CT molecular complexity index is 620. The molecule has 0 saturated carbocycles. The zero-order valence-electron chi connectivity index (χ0n) is 20.2. The number of hydrogen-bond acceptors (Lipinski definition) is 1. The van der Waals surface area contributed by atoms with Crippen molar-refractivity contribution < 1.29 is 4.74 Å². The number of halogens is 1. The van der Waals surface area contributed by atoms with Crippen LogP contribution >= 0.6 is 11.6 Å². The van der Waals surface area contributed by atoms with Gasteiger partial charge < -0.3 is 4.74 Å². The van der Waals surface area contributed by atoms with Crippen molar-refractivity contribution in [1.29, 1.82) is 0 Å². The fourth-order valence-electron chi connectivity index (χ4n) is 2.46. The van der Waals surface area contributed by atoms with Gasteiger partial charge in [-0.1, -0.05) is 117 Å². The first-order valence-electron chi connectivity index (χ1n) is 10.1. The van der Waals surface area contributed by atoms with Crippen LogP contribution in [0, 0.1) is 6.92 Å². The van der Waals surface area contributed by atoms with Gasteiger partial charge in [0.15, 0.2) is 0 Å². The van der Waals surface area contributed by atoms with Crippen LogP contribution in [0.2, 0.25) is 0 Å². The Morgan fingerprint density at radius 3 is 1.57 bits per heavy atom. The minimum absolute atomic E-state index is 0.242. The summed E-state index contributed by atoms with van der Waals surface area (Å²) >= 11 is 5.67. The molecule has 0 amide bonds. The summed E-state index contributed by atoms with van der Waals surface area (Å²) in [6, 6.07) is 6.96. The Morgan fingerprint density at radius 1 is 1.00 bits per heavy atom. The quantitative estimate of drug-likeness (QED) is 0.358. The molecule has 0 fully saturated rings. The van der Waals surface area contributed by atoms with Crippen molar-refractivity contribution in [2.45, 2.75) is 86.5 Å². The molecule has 0 atom stereocenters. The highest BCUT2D eigenvalue weighted by molar-refractivity contribution is 6.31. The highest BCUT2D eigenvalue weighted by Crippen LogP contribution is 2.29. The second-order valence-corrected chi connectivity index (χ2v) is 9.07. The summed E-state index contributed by atoms with van der Waals surface area (Å²) < 4.78 is 5.03. The average Bonchev–Trinajstić information content (AvgIpc) is 2.59. The molecule has 0 spiro atoms. The van der Waals surface area contributed by atoms with E-state index >= 15 is 0 Å². The minimum atomic E-state index is 0.242. The fourth-order valence-corrected chi connectivity index (χ4v) is 2.66. The highest BCUT2D eigenvalue weighted by atomic mass is 35.5. The van der Waals surface area contributed by atoms with Crippen LogP contribution in [0.5, 0.6) is 0 Å². The van der Waals surface area contributed by atoms with E-state index in [0.29, 0.717) is 10.8 Å². The van der Waals surface area contributed by atoms with Crippen molar-refractivity contribution in [2.75, 3.05) is 7.11 Å². The maximum atomic E-state index is 5.67. The Morgan fingerprint density at radius 2 is 1.39 bits per heavy atom. The number of benzene rings is 1. The van der Waals surface area contributed by atoms with Crippen LogP contribution in [-0.4, -0.2) is 7.11 Å². The van der Waals surface area contributed by atoms with Crippen molar-refractivity contribution in [3.63, 3.8) is 0 Å². The number of hydrogen-bond donors (Lipinski definition) is 0. The molecule has 160 valence electrons. The molecule has 1 nitrogen and oxygen atoms in total. The van der Waals surface area contributed by atoms with Crippen LogP contribution in [-0.2, 0) is 15.6 Å². The van der Waals surface area contributed by atoms with Crippen LogP contribution in [0.25, 0.3) is 0 Å². The summed E-state index contributed by atoms with van der Waals surface area (Å²) in [6.07, 6.45) is 2.57. The molecule has 0 unspecified atom stereocenters. The zero-order chi connectivity index (χ0) is 22.7. The molecule has 1 aromatic carbocycles. The number of allylic oxidation sites excluding steroid dienone is 3. The van der Waals surface area contributed by atoms with E-state index in [-0.39, 0.29) is 10.8 Å². The summed E-state index contributed by atoms with van der Waals surface area (Å²) in [5.74, 6) is 0.629. The lowest BCUT2D eigenvalue weighted by Crippen LogP contribution is -2.16. The van der Waals surface area contributed by atoms with Crippen LogP contribution in [0.3, 0.4) is 0 Å². The molecule has 0 aliphatic rings. The lowest BCUT2D eigenvalue weighted by Gasteiger charge is -2.25. The summed E-state index contributed by atoms with van der Waals surface area (Å²) in [5.41, 5.74) is 5.71. The van der Waals surface area contributed by atoms with Gasteiger partial charge in [0.25, 0.3) is 0 Å². The first-order valence-corrected chi connectivity index (χ1v) is 10.5. The molecule has 28 heavy (non-hydrogen) atoms.